The van der Waals surface area contributed by atoms with Gasteiger partial charge < -0.3 is 15.0 Å². The molecule has 6 heteroatoms. The van der Waals surface area contributed by atoms with E-state index in [2.05, 4.69) is 10.2 Å². The summed E-state index contributed by atoms with van der Waals surface area (Å²) in [7, 11) is 0. The molecule has 0 radical (unpaired) electrons. The van der Waals surface area contributed by atoms with Crippen LogP contribution in [0.3, 0.4) is 0 Å². The first-order valence-electron chi connectivity index (χ1n) is 9.22. The number of carbonyl (C=O) groups excluding carboxylic acids is 2. The van der Waals surface area contributed by atoms with Crippen LogP contribution in [0.1, 0.15) is 36.0 Å². The number of nitrogens with zero attached hydrogens (tertiary/aromatic N) is 2. The maximum Gasteiger partial charge on any atom is 0.255 e. The Morgan fingerprint density at radius 3 is 2.80 bits per heavy atom. The standard InChI is InChI=1S/C19H25N3O3/c23-17(22-10-3-4-11-22)12-21-9-5-8-19(14-21)13-20-18(24)15-6-1-2-7-16(15)25-19/h1-2,6-7H,3-5,8-14H2,(H,20,24)/t19-/m1/s1. The second-order valence-corrected chi connectivity index (χ2v) is 7.37. The van der Waals surface area contributed by atoms with Crippen LogP contribution in [-0.2, 0) is 4.79 Å². The monoisotopic (exact) mass is 343 g/mol. The van der Waals surface area contributed by atoms with Gasteiger partial charge in [0.25, 0.3) is 5.91 Å². The molecular weight excluding hydrogens is 318 g/mol. The predicted octanol–water partition coefficient (Wildman–Crippen LogP) is 1.27. The van der Waals surface area contributed by atoms with Crippen molar-refractivity contribution in [3.8, 4) is 5.75 Å². The summed E-state index contributed by atoms with van der Waals surface area (Å²) in [6, 6.07) is 7.39. The Bertz CT molecular complexity index is 672. The van der Waals surface area contributed by atoms with Crippen molar-refractivity contribution in [2.75, 3.05) is 39.3 Å². The molecule has 0 aliphatic carbocycles. The molecule has 0 unspecified atom stereocenters. The van der Waals surface area contributed by atoms with E-state index in [0.29, 0.717) is 30.9 Å². The summed E-state index contributed by atoms with van der Waals surface area (Å²) in [5, 5.41) is 3.00. The van der Waals surface area contributed by atoms with E-state index < -0.39 is 5.60 Å². The van der Waals surface area contributed by atoms with Gasteiger partial charge in [-0.2, -0.15) is 0 Å². The summed E-state index contributed by atoms with van der Waals surface area (Å²) in [5.74, 6) is 0.774. The minimum Gasteiger partial charge on any atom is -0.483 e. The summed E-state index contributed by atoms with van der Waals surface area (Å²) in [6.45, 7) is 4.27. The Morgan fingerprint density at radius 1 is 1.16 bits per heavy atom. The van der Waals surface area contributed by atoms with Crippen molar-refractivity contribution < 1.29 is 14.3 Å². The van der Waals surface area contributed by atoms with Gasteiger partial charge in [-0.25, -0.2) is 0 Å². The average Bonchev–Trinajstić information content (AvgIpc) is 3.11. The number of para-hydroxylation sites is 1. The SMILES string of the molecule is O=C1NC[C@@]2(CCCN(CC(=O)N3CCCC3)C2)Oc2ccccc21. The first-order chi connectivity index (χ1) is 12.2. The van der Waals surface area contributed by atoms with Gasteiger partial charge in [0.1, 0.15) is 11.4 Å². The van der Waals surface area contributed by atoms with E-state index in [9.17, 15) is 9.59 Å². The van der Waals surface area contributed by atoms with Crippen molar-refractivity contribution >= 4 is 11.8 Å². The molecule has 4 rings (SSSR count). The molecule has 3 aliphatic heterocycles. The number of ether oxygens (including phenoxy) is 1. The normalized spacial score (nSPS) is 26.7. The third-order valence-electron chi connectivity index (χ3n) is 5.47. The van der Waals surface area contributed by atoms with E-state index in [1.807, 2.05) is 23.1 Å². The number of carbonyl (C=O) groups is 2. The highest BCUT2D eigenvalue weighted by molar-refractivity contribution is 5.97. The number of nitrogens with one attached hydrogen (secondary N) is 1. The maximum absolute atomic E-state index is 12.5. The largest absolute Gasteiger partial charge is 0.483 e. The fraction of sp³-hybridized carbons (Fsp3) is 0.579. The molecule has 1 atom stereocenters. The second-order valence-electron chi connectivity index (χ2n) is 7.37. The van der Waals surface area contributed by atoms with Gasteiger partial charge in [-0.1, -0.05) is 12.1 Å². The van der Waals surface area contributed by atoms with Gasteiger partial charge in [-0.3, -0.25) is 14.5 Å². The fourth-order valence-corrected chi connectivity index (χ4v) is 4.16. The lowest BCUT2D eigenvalue weighted by molar-refractivity contribution is -0.132. The summed E-state index contributed by atoms with van der Waals surface area (Å²) >= 11 is 0. The van der Waals surface area contributed by atoms with Crippen LogP contribution in [0.5, 0.6) is 5.75 Å². The van der Waals surface area contributed by atoms with Crippen LogP contribution in [0.15, 0.2) is 24.3 Å². The summed E-state index contributed by atoms with van der Waals surface area (Å²) in [4.78, 5) is 28.9. The highest BCUT2D eigenvalue weighted by Gasteiger charge is 2.41. The Morgan fingerprint density at radius 2 is 1.96 bits per heavy atom. The number of hydrogen-bond donors (Lipinski definition) is 1. The molecule has 2 saturated heterocycles. The van der Waals surface area contributed by atoms with E-state index in [1.165, 1.54) is 0 Å². The predicted molar refractivity (Wildman–Crippen MR) is 93.6 cm³/mol. The maximum atomic E-state index is 12.5. The third-order valence-corrected chi connectivity index (χ3v) is 5.47. The van der Waals surface area contributed by atoms with E-state index in [1.54, 1.807) is 6.07 Å². The average molecular weight is 343 g/mol. The Labute approximate surface area is 148 Å². The topological polar surface area (TPSA) is 61.9 Å². The van der Waals surface area contributed by atoms with Crippen LogP contribution in [0.2, 0.25) is 0 Å². The molecule has 1 aromatic rings. The van der Waals surface area contributed by atoms with E-state index in [0.717, 1.165) is 45.3 Å². The Kier molecular flexibility index (Phi) is 4.37. The molecule has 1 aromatic carbocycles. The summed E-state index contributed by atoms with van der Waals surface area (Å²) in [6.07, 6.45) is 4.07. The Balaban J connectivity index is 1.48. The zero-order chi connectivity index (χ0) is 17.3. The molecule has 0 saturated carbocycles. The minimum absolute atomic E-state index is 0.0854. The van der Waals surface area contributed by atoms with Gasteiger partial charge in [0.05, 0.1) is 18.7 Å². The first kappa shape index (κ1) is 16.4. The zero-order valence-corrected chi connectivity index (χ0v) is 14.5. The summed E-state index contributed by atoms with van der Waals surface area (Å²) in [5.41, 5.74) is 0.135. The molecule has 6 nitrogen and oxygen atoms in total. The highest BCUT2D eigenvalue weighted by atomic mass is 16.5. The smallest absolute Gasteiger partial charge is 0.255 e. The van der Waals surface area contributed by atoms with Crippen LogP contribution in [0, 0.1) is 0 Å². The van der Waals surface area contributed by atoms with Crippen molar-refractivity contribution in [2.24, 2.45) is 0 Å². The van der Waals surface area contributed by atoms with Gasteiger partial charge in [-0.05, 0) is 44.4 Å². The number of rotatable bonds is 2. The number of benzene rings is 1. The van der Waals surface area contributed by atoms with Gasteiger partial charge in [0.2, 0.25) is 5.91 Å². The van der Waals surface area contributed by atoms with Crippen molar-refractivity contribution in [1.82, 2.24) is 15.1 Å². The van der Waals surface area contributed by atoms with E-state index >= 15 is 0 Å². The molecule has 2 amide bonds. The molecule has 25 heavy (non-hydrogen) atoms. The molecule has 3 aliphatic rings. The molecule has 1 spiro atoms. The number of likely N-dealkylation sites (tertiary alicyclic amines) is 2. The van der Waals surface area contributed by atoms with Gasteiger partial charge in [0.15, 0.2) is 0 Å². The molecule has 0 bridgehead atoms. The molecule has 2 fully saturated rings. The van der Waals surface area contributed by atoms with Gasteiger partial charge >= 0.3 is 0 Å². The zero-order valence-electron chi connectivity index (χ0n) is 14.5. The number of hydrogen-bond acceptors (Lipinski definition) is 4. The third kappa shape index (κ3) is 3.35. The van der Waals surface area contributed by atoms with Crippen molar-refractivity contribution in [3.63, 3.8) is 0 Å². The van der Waals surface area contributed by atoms with Crippen molar-refractivity contribution in [3.05, 3.63) is 29.8 Å². The van der Waals surface area contributed by atoms with Crippen molar-refractivity contribution in [2.45, 2.75) is 31.3 Å². The number of amides is 2. The first-order valence-corrected chi connectivity index (χ1v) is 9.22. The quantitative estimate of drug-likeness (QED) is 0.878. The molecule has 1 N–H and O–H groups in total. The van der Waals surface area contributed by atoms with Crippen LogP contribution in [-0.4, -0.2) is 66.5 Å². The molecule has 3 heterocycles. The van der Waals surface area contributed by atoms with Crippen LogP contribution in [0.4, 0.5) is 0 Å². The molecular formula is C19H25N3O3. The Hall–Kier alpha value is -2.08. The van der Waals surface area contributed by atoms with Crippen molar-refractivity contribution in [1.29, 1.82) is 0 Å². The lowest BCUT2D eigenvalue weighted by Crippen LogP contribution is -2.58. The lowest BCUT2D eigenvalue weighted by atomic mass is 9.92. The number of piperidine rings is 1. The van der Waals surface area contributed by atoms with E-state index in [4.69, 9.17) is 4.74 Å². The molecule has 0 aromatic heterocycles. The van der Waals surface area contributed by atoms with Crippen LogP contribution in [0.25, 0.3) is 0 Å². The van der Waals surface area contributed by atoms with E-state index in [-0.39, 0.29) is 11.8 Å². The van der Waals surface area contributed by atoms with Gasteiger partial charge in [0, 0.05) is 19.6 Å². The minimum atomic E-state index is -0.453. The van der Waals surface area contributed by atoms with Crippen LogP contribution >= 0.6 is 0 Å². The highest BCUT2D eigenvalue weighted by Crippen LogP contribution is 2.32. The van der Waals surface area contributed by atoms with Gasteiger partial charge in [-0.15, -0.1) is 0 Å². The second kappa shape index (κ2) is 6.67. The van der Waals surface area contributed by atoms with Crippen LogP contribution < -0.4 is 10.1 Å². The number of fused-ring (bicyclic) bond motifs is 1. The lowest BCUT2D eigenvalue weighted by Gasteiger charge is -2.42. The summed E-state index contributed by atoms with van der Waals surface area (Å²) < 4.78 is 6.34. The molecule has 134 valence electrons. The fourth-order valence-electron chi connectivity index (χ4n) is 4.16.